The smallest absolute Gasteiger partial charge is 0.0476 e. The van der Waals surface area contributed by atoms with E-state index >= 15 is 0 Å². The Labute approximate surface area is 205 Å². The van der Waals surface area contributed by atoms with Gasteiger partial charge in [-0.3, -0.25) is 0 Å². The first-order valence-electron chi connectivity index (χ1n) is 13.8. The van der Waals surface area contributed by atoms with E-state index in [4.69, 9.17) is 0 Å². The normalized spacial score (nSPS) is 12.8. The minimum atomic E-state index is -1.01. The van der Waals surface area contributed by atoms with Crippen molar-refractivity contribution in [1.29, 1.82) is 0 Å². The quantitative estimate of drug-likeness (QED) is 0.169. The maximum atomic E-state index is 12.7. The number of carboxylic acid groups (broad SMARTS) is 2. The molecule has 0 aliphatic heterocycles. The first-order valence-corrected chi connectivity index (χ1v) is 13.8. The summed E-state index contributed by atoms with van der Waals surface area (Å²) in [6, 6.07) is 0. The Hall–Kier alpha value is -1.06. The lowest BCUT2D eigenvalue weighted by atomic mass is 9.61. The first-order chi connectivity index (χ1) is 15.4. The summed E-state index contributed by atoms with van der Waals surface area (Å²) in [6.45, 7) is 13.3. The Morgan fingerprint density at radius 3 is 1.36 bits per heavy atom. The van der Waals surface area contributed by atoms with Crippen molar-refractivity contribution in [1.82, 2.24) is 0 Å². The van der Waals surface area contributed by atoms with Crippen LogP contribution in [0.2, 0.25) is 0 Å². The molecule has 0 heterocycles. The van der Waals surface area contributed by atoms with E-state index in [0.29, 0.717) is 25.7 Å². The van der Waals surface area contributed by atoms with Crippen molar-refractivity contribution in [2.24, 2.45) is 16.2 Å². The van der Waals surface area contributed by atoms with Crippen LogP contribution in [-0.2, 0) is 9.59 Å². The third-order valence-corrected chi connectivity index (χ3v) is 7.27. The van der Waals surface area contributed by atoms with E-state index in [-0.39, 0.29) is 17.3 Å². The summed E-state index contributed by atoms with van der Waals surface area (Å²) in [5, 5.41) is 23.4. The molecule has 0 radical (unpaired) electrons. The van der Waals surface area contributed by atoms with Crippen molar-refractivity contribution >= 4 is 11.9 Å². The Kier molecular flexibility index (Phi) is 16.0. The molecular weight excluding hydrogens is 412 g/mol. The van der Waals surface area contributed by atoms with Gasteiger partial charge in [0.15, 0.2) is 0 Å². The fourth-order valence-corrected chi connectivity index (χ4v) is 5.64. The van der Waals surface area contributed by atoms with Gasteiger partial charge in [0, 0.05) is 17.4 Å². The lowest BCUT2D eigenvalue weighted by molar-refractivity contribution is -0.323. The summed E-state index contributed by atoms with van der Waals surface area (Å²) < 4.78 is 0. The van der Waals surface area contributed by atoms with E-state index in [1.165, 1.54) is 38.5 Å². The average molecular weight is 467 g/mol. The molecule has 0 amide bonds. The fourth-order valence-electron chi connectivity index (χ4n) is 5.64. The van der Waals surface area contributed by atoms with Crippen molar-refractivity contribution < 1.29 is 19.8 Å². The number of carboxylic acids is 2. The van der Waals surface area contributed by atoms with Crippen molar-refractivity contribution in [3.8, 4) is 0 Å². The highest BCUT2D eigenvalue weighted by Gasteiger charge is 2.41. The summed E-state index contributed by atoms with van der Waals surface area (Å²) in [7, 11) is 0. The van der Waals surface area contributed by atoms with Crippen LogP contribution in [0, 0.1) is 16.2 Å². The Morgan fingerprint density at radius 1 is 0.576 bits per heavy atom. The number of unbranched alkanes of at least 4 members (excludes halogenated alkanes) is 9. The molecule has 196 valence electrons. The maximum Gasteiger partial charge on any atom is 0.0476 e. The standard InChI is InChI=1S/C29H56O4/c1-7-9-11-16-20-27(3,4)23-29(26(32)33,22-18-14-13-15-19-25(30)31)24-28(5,6)21-17-12-10-8-2/h7-24H2,1-6H3,(H,30,31)(H,32,33)/p-2. The van der Waals surface area contributed by atoms with E-state index in [1.54, 1.807) is 0 Å². The summed E-state index contributed by atoms with van der Waals surface area (Å²) in [6.07, 6.45) is 16.8. The van der Waals surface area contributed by atoms with Gasteiger partial charge in [0.25, 0.3) is 0 Å². The molecule has 0 fully saturated rings. The Balaban J connectivity index is 5.34. The van der Waals surface area contributed by atoms with Crippen molar-refractivity contribution in [3.05, 3.63) is 0 Å². The van der Waals surface area contributed by atoms with Crippen molar-refractivity contribution in [2.75, 3.05) is 0 Å². The van der Waals surface area contributed by atoms with Gasteiger partial charge in [0.2, 0.25) is 0 Å². The lowest BCUT2D eigenvalue weighted by Gasteiger charge is -2.46. The lowest BCUT2D eigenvalue weighted by Crippen LogP contribution is -2.47. The number of hydrogen-bond acceptors (Lipinski definition) is 4. The molecule has 0 aromatic carbocycles. The summed E-state index contributed by atoms with van der Waals surface area (Å²) in [4.78, 5) is 23.4. The van der Waals surface area contributed by atoms with Gasteiger partial charge in [0.05, 0.1) is 0 Å². The number of rotatable bonds is 22. The Bertz CT molecular complexity index is 510. The molecule has 33 heavy (non-hydrogen) atoms. The van der Waals surface area contributed by atoms with Gasteiger partial charge in [-0.15, -0.1) is 0 Å². The molecule has 0 aliphatic carbocycles. The average Bonchev–Trinajstić information content (AvgIpc) is 2.70. The summed E-state index contributed by atoms with van der Waals surface area (Å²) in [5.41, 5.74) is -0.904. The Morgan fingerprint density at radius 2 is 0.970 bits per heavy atom. The molecule has 0 saturated heterocycles. The zero-order valence-electron chi connectivity index (χ0n) is 22.9. The molecule has 0 aliphatic rings. The van der Waals surface area contributed by atoms with E-state index in [1.807, 2.05) is 0 Å². The van der Waals surface area contributed by atoms with Crippen LogP contribution >= 0.6 is 0 Å². The predicted molar refractivity (Wildman–Crippen MR) is 134 cm³/mol. The molecular formula is C29H54O4-2. The molecule has 0 saturated carbocycles. The molecule has 0 unspecified atom stereocenters. The van der Waals surface area contributed by atoms with Gasteiger partial charge in [-0.25, -0.2) is 0 Å². The monoisotopic (exact) mass is 466 g/mol. The van der Waals surface area contributed by atoms with Gasteiger partial charge in [0.1, 0.15) is 0 Å². The summed E-state index contributed by atoms with van der Waals surface area (Å²) >= 11 is 0. The predicted octanol–water partition coefficient (Wildman–Crippen LogP) is 6.59. The van der Waals surface area contributed by atoms with Crippen LogP contribution in [0.25, 0.3) is 0 Å². The molecule has 0 rings (SSSR count). The topological polar surface area (TPSA) is 80.3 Å². The van der Waals surface area contributed by atoms with E-state index < -0.39 is 17.4 Å². The second-order valence-electron chi connectivity index (χ2n) is 12.2. The number of hydrogen-bond donors (Lipinski definition) is 0. The molecule has 0 aromatic rings. The molecule has 0 N–H and O–H groups in total. The number of aliphatic carboxylic acids is 2. The van der Waals surface area contributed by atoms with Crippen molar-refractivity contribution in [3.63, 3.8) is 0 Å². The van der Waals surface area contributed by atoms with Crippen LogP contribution in [-0.4, -0.2) is 11.9 Å². The first kappa shape index (κ1) is 31.9. The molecule has 4 heteroatoms. The van der Waals surface area contributed by atoms with E-state index in [0.717, 1.165) is 44.9 Å². The van der Waals surface area contributed by atoms with Gasteiger partial charge < -0.3 is 19.8 Å². The maximum absolute atomic E-state index is 12.7. The third kappa shape index (κ3) is 15.5. The van der Waals surface area contributed by atoms with Crippen LogP contribution in [0.4, 0.5) is 0 Å². The summed E-state index contributed by atoms with van der Waals surface area (Å²) in [5.74, 6) is -1.89. The van der Waals surface area contributed by atoms with Crippen LogP contribution in [0.1, 0.15) is 157 Å². The second kappa shape index (κ2) is 16.5. The number of carbonyl (C=O) groups is 2. The third-order valence-electron chi connectivity index (χ3n) is 7.27. The minimum absolute atomic E-state index is 0.0406. The van der Waals surface area contributed by atoms with Gasteiger partial charge >= 0.3 is 0 Å². The van der Waals surface area contributed by atoms with Crippen LogP contribution in [0.5, 0.6) is 0 Å². The second-order valence-corrected chi connectivity index (χ2v) is 12.2. The molecule has 0 aromatic heterocycles. The van der Waals surface area contributed by atoms with Gasteiger partial charge in [-0.1, -0.05) is 112 Å². The highest BCUT2D eigenvalue weighted by atomic mass is 16.4. The van der Waals surface area contributed by atoms with Crippen LogP contribution in [0.15, 0.2) is 0 Å². The van der Waals surface area contributed by atoms with E-state index in [2.05, 4.69) is 41.5 Å². The van der Waals surface area contributed by atoms with E-state index in [9.17, 15) is 19.8 Å². The molecule has 0 spiro atoms. The zero-order valence-corrected chi connectivity index (χ0v) is 22.9. The zero-order chi connectivity index (χ0) is 25.4. The highest BCUT2D eigenvalue weighted by molar-refractivity contribution is 5.72. The highest BCUT2D eigenvalue weighted by Crippen LogP contribution is 2.48. The largest absolute Gasteiger partial charge is 0.550 e. The van der Waals surface area contributed by atoms with Gasteiger partial charge in [-0.2, -0.15) is 0 Å². The molecule has 4 nitrogen and oxygen atoms in total. The van der Waals surface area contributed by atoms with Gasteiger partial charge in [-0.05, 0) is 55.8 Å². The van der Waals surface area contributed by atoms with Crippen LogP contribution < -0.4 is 10.2 Å². The van der Waals surface area contributed by atoms with Crippen molar-refractivity contribution in [2.45, 2.75) is 157 Å². The van der Waals surface area contributed by atoms with Crippen LogP contribution in [0.3, 0.4) is 0 Å². The minimum Gasteiger partial charge on any atom is -0.550 e. The molecule has 0 bridgehead atoms. The SMILES string of the molecule is CCCCCCC(C)(C)CC(CCCCCCC(=O)[O-])(CC(C)(C)CCCCCC)C(=O)[O-]. The fraction of sp³-hybridized carbons (Fsp3) is 0.931. The molecule has 0 atom stereocenters. The number of carbonyl (C=O) groups excluding carboxylic acids is 2.